The fourth-order valence-corrected chi connectivity index (χ4v) is 1.60. The number of carbonyl (C=O) groups excluding carboxylic acids is 1. The molecule has 0 saturated heterocycles. The first kappa shape index (κ1) is 11.2. The molecule has 3 nitrogen and oxygen atoms in total. The Labute approximate surface area is 89.1 Å². The zero-order chi connectivity index (χ0) is 11.1. The summed E-state index contributed by atoms with van der Waals surface area (Å²) in [4.78, 5) is 11.4. The summed E-state index contributed by atoms with van der Waals surface area (Å²) in [6.07, 6.45) is 0. The van der Waals surface area contributed by atoms with Gasteiger partial charge < -0.3 is 0 Å². The SMILES string of the molecule is CC(=O)c1c(C(C)(C)C)nn(C)c1Cl. The van der Waals surface area contributed by atoms with E-state index in [1.54, 1.807) is 11.7 Å². The van der Waals surface area contributed by atoms with Gasteiger partial charge in [-0.05, 0) is 6.92 Å². The molecule has 78 valence electrons. The van der Waals surface area contributed by atoms with E-state index >= 15 is 0 Å². The molecule has 4 heteroatoms. The first-order valence-electron chi connectivity index (χ1n) is 4.49. The number of aromatic nitrogens is 2. The van der Waals surface area contributed by atoms with Gasteiger partial charge in [0, 0.05) is 12.5 Å². The average Bonchev–Trinajstić information content (AvgIpc) is 2.27. The molecule has 0 amide bonds. The lowest BCUT2D eigenvalue weighted by atomic mass is 9.89. The van der Waals surface area contributed by atoms with E-state index in [-0.39, 0.29) is 11.2 Å². The quantitative estimate of drug-likeness (QED) is 0.674. The van der Waals surface area contributed by atoms with Crippen LogP contribution in [0.2, 0.25) is 5.15 Å². The first-order valence-corrected chi connectivity index (χ1v) is 4.87. The van der Waals surface area contributed by atoms with E-state index in [2.05, 4.69) is 5.10 Å². The minimum Gasteiger partial charge on any atom is -0.294 e. The number of aryl methyl sites for hydroxylation is 1. The van der Waals surface area contributed by atoms with Gasteiger partial charge in [-0.3, -0.25) is 9.48 Å². The number of carbonyl (C=O) groups is 1. The predicted molar refractivity (Wildman–Crippen MR) is 56.9 cm³/mol. The molecule has 0 N–H and O–H groups in total. The Hall–Kier alpha value is -0.830. The van der Waals surface area contributed by atoms with Crippen molar-refractivity contribution in [2.45, 2.75) is 33.1 Å². The Bertz CT molecular complexity index is 374. The summed E-state index contributed by atoms with van der Waals surface area (Å²) in [5, 5.41) is 4.69. The van der Waals surface area contributed by atoms with Gasteiger partial charge in [-0.15, -0.1) is 0 Å². The van der Waals surface area contributed by atoms with Crippen molar-refractivity contribution in [3.05, 3.63) is 16.4 Å². The molecule has 1 aromatic rings. The number of hydrogen-bond acceptors (Lipinski definition) is 2. The topological polar surface area (TPSA) is 34.9 Å². The van der Waals surface area contributed by atoms with Crippen LogP contribution in [-0.4, -0.2) is 15.6 Å². The molecule has 0 spiro atoms. The van der Waals surface area contributed by atoms with Crippen molar-refractivity contribution in [2.24, 2.45) is 7.05 Å². The van der Waals surface area contributed by atoms with E-state index in [1.165, 1.54) is 6.92 Å². The first-order chi connectivity index (χ1) is 6.25. The maximum atomic E-state index is 11.4. The highest BCUT2D eigenvalue weighted by atomic mass is 35.5. The highest BCUT2D eigenvalue weighted by molar-refractivity contribution is 6.33. The van der Waals surface area contributed by atoms with Crippen molar-refractivity contribution in [1.82, 2.24) is 9.78 Å². The highest BCUT2D eigenvalue weighted by Crippen LogP contribution is 2.29. The second-order valence-corrected chi connectivity index (χ2v) is 4.80. The summed E-state index contributed by atoms with van der Waals surface area (Å²) in [5.41, 5.74) is 1.14. The van der Waals surface area contributed by atoms with Crippen molar-refractivity contribution in [3.8, 4) is 0 Å². The molecular weight excluding hydrogens is 200 g/mol. The molecule has 0 atom stereocenters. The Kier molecular flexibility index (Phi) is 2.72. The van der Waals surface area contributed by atoms with E-state index in [0.29, 0.717) is 10.7 Å². The van der Waals surface area contributed by atoms with Gasteiger partial charge >= 0.3 is 0 Å². The van der Waals surface area contributed by atoms with Crippen LogP contribution in [0.3, 0.4) is 0 Å². The molecule has 1 heterocycles. The number of ketones is 1. The third-order valence-corrected chi connectivity index (χ3v) is 2.47. The number of Topliss-reactive ketones (excluding diaryl/α,β-unsaturated/α-hetero) is 1. The molecule has 1 rings (SSSR count). The van der Waals surface area contributed by atoms with Crippen LogP contribution < -0.4 is 0 Å². The minimum atomic E-state index is -0.161. The van der Waals surface area contributed by atoms with Crippen LogP contribution in [-0.2, 0) is 12.5 Å². The highest BCUT2D eigenvalue weighted by Gasteiger charge is 2.27. The Morgan fingerprint density at radius 2 is 1.93 bits per heavy atom. The average molecular weight is 215 g/mol. The van der Waals surface area contributed by atoms with Crippen molar-refractivity contribution in [3.63, 3.8) is 0 Å². The predicted octanol–water partition coefficient (Wildman–Crippen LogP) is 2.57. The van der Waals surface area contributed by atoms with Crippen molar-refractivity contribution in [2.75, 3.05) is 0 Å². The summed E-state index contributed by atoms with van der Waals surface area (Å²) in [7, 11) is 1.74. The smallest absolute Gasteiger partial charge is 0.164 e. The normalized spacial score (nSPS) is 11.9. The van der Waals surface area contributed by atoms with Crippen LogP contribution in [0.15, 0.2) is 0 Å². The lowest BCUT2D eigenvalue weighted by molar-refractivity contribution is 0.101. The van der Waals surface area contributed by atoms with Gasteiger partial charge in [0.15, 0.2) is 5.78 Å². The van der Waals surface area contributed by atoms with Gasteiger partial charge in [-0.1, -0.05) is 32.4 Å². The number of hydrogen-bond donors (Lipinski definition) is 0. The summed E-state index contributed by atoms with van der Waals surface area (Å²) in [5.74, 6) is -0.0342. The van der Waals surface area contributed by atoms with Gasteiger partial charge in [-0.25, -0.2) is 0 Å². The number of rotatable bonds is 1. The van der Waals surface area contributed by atoms with E-state index in [1.807, 2.05) is 20.8 Å². The zero-order valence-electron chi connectivity index (χ0n) is 9.18. The van der Waals surface area contributed by atoms with Gasteiger partial charge in [0.25, 0.3) is 0 Å². The summed E-state index contributed by atoms with van der Waals surface area (Å²) in [6, 6.07) is 0. The largest absolute Gasteiger partial charge is 0.294 e. The molecule has 0 saturated carbocycles. The van der Waals surface area contributed by atoms with Crippen LogP contribution in [0.1, 0.15) is 43.7 Å². The standard InChI is InChI=1S/C10H15ClN2O/c1-6(14)7-8(10(2,3)4)12-13(5)9(7)11/h1-5H3. The number of halogens is 1. The van der Waals surface area contributed by atoms with E-state index in [9.17, 15) is 4.79 Å². The molecule has 0 aliphatic carbocycles. The molecule has 14 heavy (non-hydrogen) atoms. The van der Waals surface area contributed by atoms with E-state index in [0.717, 1.165) is 5.69 Å². The van der Waals surface area contributed by atoms with Crippen molar-refractivity contribution < 1.29 is 4.79 Å². The third kappa shape index (κ3) is 1.82. The summed E-state index contributed by atoms with van der Waals surface area (Å²) >= 11 is 5.99. The second kappa shape index (κ2) is 3.39. The molecule has 0 fully saturated rings. The Morgan fingerprint density at radius 3 is 2.21 bits per heavy atom. The van der Waals surface area contributed by atoms with Crippen LogP contribution in [0.4, 0.5) is 0 Å². The summed E-state index contributed by atoms with van der Waals surface area (Å²) < 4.78 is 1.54. The van der Waals surface area contributed by atoms with Crippen LogP contribution >= 0.6 is 11.6 Å². The molecular formula is C10H15ClN2O. The van der Waals surface area contributed by atoms with Gasteiger partial charge in [0.05, 0.1) is 11.3 Å². The molecule has 1 aromatic heterocycles. The fraction of sp³-hybridized carbons (Fsp3) is 0.600. The molecule has 0 aliphatic rings. The molecule has 0 aliphatic heterocycles. The van der Waals surface area contributed by atoms with Crippen LogP contribution in [0.5, 0.6) is 0 Å². The molecule has 0 bridgehead atoms. The van der Waals surface area contributed by atoms with E-state index < -0.39 is 0 Å². The minimum absolute atomic E-state index is 0.0342. The van der Waals surface area contributed by atoms with Crippen LogP contribution in [0.25, 0.3) is 0 Å². The van der Waals surface area contributed by atoms with Gasteiger partial charge in [0.1, 0.15) is 5.15 Å². The lowest BCUT2D eigenvalue weighted by Gasteiger charge is -2.16. The summed E-state index contributed by atoms with van der Waals surface area (Å²) in [6.45, 7) is 7.55. The lowest BCUT2D eigenvalue weighted by Crippen LogP contribution is -2.16. The maximum Gasteiger partial charge on any atom is 0.164 e. The van der Waals surface area contributed by atoms with Crippen LogP contribution in [0, 0.1) is 0 Å². The number of nitrogens with zero attached hydrogens (tertiary/aromatic N) is 2. The Balaban J connectivity index is 3.45. The second-order valence-electron chi connectivity index (χ2n) is 4.44. The Morgan fingerprint density at radius 1 is 1.43 bits per heavy atom. The van der Waals surface area contributed by atoms with E-state index in [4.69, 9.17) is 11.6 Å². The third-order valence-electron chi connectivity index (χ3n) is 2.04. The van der Waals surface area contributed by atoms with Crippen molar-refractivity contribution in [1.29, 1.82) is 0 Å². The molecule has 0 radical (unpaired) electrons. The molecule has 0 unspecified atom stereocenters. The zero-order valence-corrected chi connectivity index (χ0v) is 9.94. The molecule has 0 aromatic carbocycles. The fourth-order valence-electron chi connectivity index (χ4n) is 1.34. The van der Waals surface area contributed by atoms with Gasteiger partial charge in [-0.2, -0.15) is 5.10 Å². The van der Waals surface area contributed by atoms with Crippen molar-refractivity contribution >= 4 is 17.4 Å². The van der Waals surface area contributed by atoms with Gasteiger partial charge in [0.2, 0.25) is 0 Å². The maximum absolute atomic E-state index is 11.4. The monoisotopic (exact) mass is 214 g/mol.